The molecule has 172 valence electrons. The van der Waals surface area contributed by atoms with Crippen molar-refractivity contribution in [3.05, 3.63) is 24.0 Å². The number of cyclic esters (lactones) is 1. The largest absolute Gasteiger partial charge is 0.442 e. The van der Waals surface area contributed by atoms with Gasteiger partial charge in [-0.25, -0.2) is 17.6 Å². The Hall–Kier alpha value is -1.98. The highest BCUT2D eigenvalue weighted by Crippen LogP contribution is 2.28. The van der Waals surface area contributed by atoms with Crippen molar-refractivity contribution in [1.29, 1.82) is 0 Å². The second-order valence-electron chi connectivity index (χ2n) is 7.94. The Balaban J connectivity index is 1.62. The molecule has 0 bridgehead atoms. The number of piperazine rings is 1. The molecule has 1 aromatic carbocycles. The molecule has 0 saturated carbocycles. The SMILES string of the molecule is CCS(=O)(=O)N1CCN(c2ccc(N3C[C@H](CNC(=S)C(C)C)OC3=O)cc2F)CC1. The second kappa shape index (κ2) is 9.66. The maximum Gasteiger partial charge on any atom is 0.414 e. The van der Waals surface area contributed by atoms with Gasteiger partial charge >= 0.3 is 6.09 Å². The van der Waals surface area contributed by atoms with Crippen molar-refractivity contribution in [3.8, 4) is 0 Å². The Morgan fingerprint density at radius 1 is 1.29 bits per heavy atom. The van der Waals surface area contributed by atoms with Gasteiger partial charge in [-0.1, -0.05) is 26.1 Å². The van der Waals surface area contributed by atoms with Gasteiger partial charge in [0.25, 0.3) is 0 Å². The number of thiocarbonyl (C=S) groups is 1. The lowest BCUT2D eigenvalue weighted by Crippen LogP contribution is -2.49. The van der Waals surface area contributed by atoms with E-state index >= 15 is 0 Å². The van der Waals surface area contributed by atoms with Crippen LogP contribution in [0.25, 0.3) is 0 Å². The summed E-state index contributed by atoms with van der Waals surface area (Å²) in [6.45, 7) is 7.75. The average molecular weight is 473 g/mol. The number of ether oxygens (including phenoxy) is 1. The van der Waals surface area contributed by atoms with E-state index in [0.29, 0.717) is 55.6 Å². The van der Waals surface area contributed by atoms with Crippen molar-refractivity contribution in [2.75, 3.05) is 54.8 Å². The van der Waals surface area contributed by atoms with Gasteiger partial charge in [0, 0.05) is 32.1 Å². The number of rotatable bonds is 7. The summed E-state index contributed by atoms with van der Waals surface area (Å²) in [5.74, 6) is -0.199. The number of benzene rings is 1. The van der Waals surface area contributed by atoms with Crippen LogP contribution in [-0.4, -0.2) is 74.9 Å². The Kier molecular flexibility index (Phi) is 7.38. The summed E-state index contributed by atoms with van der Waals surface area (Å²) in [7, 11) is -3.24. The van der Waals surface area contributed by atoms with Crippen molar-refractivity contribution in [2.45, 2.75) is 26.9 Å². The molecule has 3 rings (SSSR count). The van der Waals surface area contributed by atoms with Crippen LogP contribution >= 0.6 is 12.2 Å². The van der Waals surface area contributed by atoms with E-state index in [4.69, 9.17) is 17.0 Å². The molecule has 11 heteroatoms. The average Bonchev–Trinajstić information content (AvgIpc) is 3.12. The van der Waals surface area contributed by atoms with E-state index in [9.17, 15) is 17.6 Å². The number of halogens is 1. The predicted octanol–water partition coefficient (Wildman–Crippen LogP) is 2.20. The van der Waals surface area contributed by atoms with Gasteiger partial charge in [-0.15, -0.1) is 0 Å². The molecule has 2 fully saturated rings. The number of sulfonamides is 1. The van der Waals surface area contributed by atoms with E-state index in [1.807, 2.05) is 18.7 Å². The third-order valence-corrected chi connectivity index (χ3v) is 7.98. The van der Waals surface area contributed by atoms with Gasteiger partial charge in [-0.3, -0.25) is 4.90 Å². The summed E-state index contributed by atoms with van der Waals surface area (Å²) in [6.07, 6.45) is -0.895. The zero-order valence-electron chi connectivity index (χ0n) is 18.0. The van der Waals surface area contributed by atoms with Crippen LogP contribution in [-0.2, 0) is 14.8 Å². The first-order valence-corrected chi connectivity index (χ1v) is 12.4. The van der Waals surface area contributed by atoms with Crippen LogP contribution < -0.4 is 15.1 Å². The van der Waals surface area contributed by atoms with Crippen molar-refractivity contribution in [2.24, 2.45) is 5.92 Å². The fourth-order valence-corrected chi connectivity index (χ4v) is 4.74. The first-order valence-electron chi connectivity index (χ1n) is 10.4. The second-order valence-corrected chi connectivity index (χ2v) is 10.6. The summed E-state index contributed by atoms with van der Waals surface area (Å²) < 4.78 is 45.7. The molecule has 2 aliphatic rings. The first-order chi connectivity index (χ1) is 14.6. The van der Waals surface area contributed by atoms with Gasteiger partial charge in [0.2, 0.25) is 10.0 Å². The number of amides is 1. The van der Waals surface area contributed by atoms with Gasteiger partial charge in [0.1, 0.15) is 11.9 Å². The highest BCUT2D eigenvalue weighted by atomic mass is 32.2. The maximum absolute atomic E-state index is 14.9. The Morgan fingerprint density at radius 3 is 2.55 bits per heavy atom. The highest BCUT2D eigenvalue weighted by Gasteiger charge is 2.33. The molecule has 0 radical (unpaired) electrons. The van der Waals surface area contributed by atoms with Crippen molar-refractivity contribution < 1.29 is 22.3 Å². The van der Waals surface area contributed by atoms with E-state index in [-0.39, 0.29) is 17.8 Å². The molecule has 1 N–H and O–H groups in total. The standard InChI is InChI=1S/C20H29FN4O4S2/c1-4-31(27,28)24-9-7-23(8-10-24)18-6-5-15(11-17(18)21)25-13-16(29-20(25)26)12-22-19(30)14(2)3/h5-6,11,14,16H,4,7-10,12-13H2,1-3H3,(H,22,30)/t16-/m0/s1. The molecule has 0 spiro atoms. The Morgan fingerprint density at radius 2 is 1.97 bits per heavy atom. The summed E-state index contributed by atoms with van der Waals surface area (Å²) in [4.78, 5) is 16.2. The van der Waals surface area contributed by atoms with Crippen molar-refractivity contribution in [1.82, 2.24) is 9.62 Å². The van der Waals surface area contributed by atoms with Crippen LogP contribution in [0.1, 0.15) is 20.8 Å². The third-order valence-electron chi connectivity index (χ3n) is 5.48. The molecular formula is C20H29FN4O4S2. The monoisotopic (exact) mass is 472 g/mol. The summed E-state index contributed by atoms with van der Waals surface area (Å²) in [5, 5.41) is 3.10. The van der Waals surface area contributed by atoms with Crippen molar-refractivity contribution >= 4 is 44.7 Å². The fraction of sp³-hybridized carbons (Fsp3) is 0.600. The summed E-state index contributed by atoms with van der Waals surface area (Å²) in [5.41, 5.74) is 0.817. The third kappa shape index (κ3) is 5.45. The summed E-state index contributed by atoms with van der Waals surface area (Å²) in [6, 6.07) is 4.63. The smallest absolute Gasteiger partial charge is 0.414 e. The Bertz CT molecular complexity index is 933. The number of carbonyl (C=O) groups excluding carboxylic acids is 1. The number of hydrogen-bond acceptors (Lipinski definition) is 6. The lowest BCUT2D eigenvalue weighted by molar-refractivity contribution is 0.143. The van der Waals surface area contributed by atoms with E-state index in [1.54, 1.807) is 19.1 Å². The number of nitrogens with one attached hydrogen (secondary N) is 1. The molecule has 0 aliphatic carbocycles. The van der Waals surface area contributed by atoms with Crippen LogP contribution in [0.3, 0.4) is 0 Å². The zero-order chi connectivity index (χ0) is 22.8. The van der Waals surface area contributed by atoms with E-state index in [2.05, 4.69) is 5.32 Å². The Labute approximate surface area is 188 Å². The minimum absolute atomic E-state index is 0.0573. The normalized spacial score (nSPS) is 20.3. The van der Waals surface area contributed by atoms with E-state index in [0.717, 1.165) is 0 Å². The van der Waals surface area contributed by atoms with Crippen LogP contribution in [0.5, 0.6) is 0 Å². The quantitative estimate of drug-likeness (QED) is 0.609. The summed E-state index contributed by atoms with van der Waals surface area (Å²) >= 11 is 5.24. The number of anilines is 2. The molecule has 1 aromatic rings. The van der Waals surface area contributed by atoms with Crippen LogP contribution in [0, 0.1) is 11.7 Å². The lowest BCUT2D eigenvalue weighted by Gasteiger charge is -2.35. The molecule has 2 saturated heterocycles. The number of hydrogen-bond donors (Lipinski definition) is 1. The minimum Gasteiger partial charge on any atom is -0.442 e. The molecule has 2 heterocycles. The number of carbonyl (C=O) groups is 1. The maximum atomic E-state index is 14.9. The molecule has 0 unspecified atom stereocenters. The van der Waals surface area contributed by atoms with Gasteiger partial charge in [-0.05, 0) is 25.1 Å². The molecule has 31 heavy (non-hydrogen) atoms. The molecule has 1 amide bonds. The minimum atomic E-state index is -3.24. The van der Waals surface area contributed by atoms with Gasteiger partial charge in [0.15, 0.2) is 0 Å². The van der Waals surface area contributed by atoms with Gasteiger partial charge < -0.3 is 15.0 Å². The van der Waals surface area contributed by atoms with Gasteiger partial charge in [-0.2, -0.15) is 4.31 Å². The highest BCUT2D eigenvalue weighted by molar-refractivity contribution is 7.89. The fourth-order valence-electron chi connectivity index (χ4n) is 3.57. The first kappa shape index (κ1) is 23.7. The van der Waals surface area contributed by atoms with E-state index in [1.165, 1.54) is 15.3 Å². The zero-order valence-corrected chi connectivity index (χ0v) is 19.6. The van der Waals surface area contributed by atoms with Crippen LogP contribution in [0.4, 0.5) is 20.6 Å². The van der Waals surface area contributed by atoms with E-state index < -0.39 is 21.9 Å². The van der Waals surface area contributed by atoms with Crippen LogP contribution in [0.2, 0.25) is 0 Å². The predicted molar refractivity (Wildman–Crippen MR) is 123 cm³/mol. The molecular weight excluding hydrogens is 443 g/mol. The molecule has 8 nitrogen and oxygen atoms in total. The van der Waals surface area contributed by atoms with Gasteiger partial charge in [0.05, 0.1) is 35.2 Å². The molecule has 1 atom stereocenters. The topological polar surface area (TPSA) is 82.2 Å². The lowest BCUT2D eigenvalue weighted by atomic mass is 10.2. The van der Waals surface area contributed by atoms with Crippen LogP contribution in [0.15, 0.2) is 18.2 Å². The molecule has 0 aromatic heterocycles. The molecule has 2 aliphatic heterocycles. The van der Waals surface area contributed by atoms with Crippen molar-refractivity contribution in [3.63, 3.8) is 0 Å². The number of nitrogens with zero attached hydrogens (tertiary/aromatic N) is 3.